The number of fused-ring (bicyclic) bond motifs is 1. The molecule has 0 aliphatic heterocycles. The second-order valence-corrected chi connectivity index (χ2v) is 5.46. The molecule has 0 fully saturated rings. The summed E-state index contributed by atoms with van der Waals surface area (Å²) in [5.74, 6) is 0.225. The number of carbonyl (C=O) groups is 1. The van der Waals surface area contributed by atoms with E-state index in [-0.39, 0.29) is 0 Å². The van der Waals surface area contributed by atoms with E-state index in [0.29, 0.717) is 33.9 Å². The van der Waals surface area contributed by atoms with Crippen molar-refractivity contribution in [1.82, 2.24) is 15.0 Å². The Morgan fingerprint density at radius 2 is 1.84 bits per heavy atom. The van der Waals surface area contributed by atoms with Gasteiger partial charge in [0.05, 0.1) is 11.8 Å². The zero-order valence-corrected chi connectivity index (χ0v) is 13.0. The van der Waals surface area contributed by atoms with Gasteiger partial charge in [-0.2, -0.15) is 0 Å². The fourth-order valence-electron chi connectivity index (χ4n) is 2.53. The number of primary amides is 1. The number of nitrogen functional groups attached to an aromatic ring is 1. The van der Waals surface area contributed by atoms with Crippen LogP contribution in [0.15, 0.2) is 59.4 Å². The Morgan fingerprint density at radius 1 is 1.04 bits per heavy atom. The zero-order chi connectivity index (χ0) is 17.4. The first-order chi connectivity index (χ1) is 12.1. The summed E-state index contributed by atoms with van der Waals surface area (Å²) in [6.07, 6.45) is 4.91. The maximum absolute atomic E-state index is 11.2. The van der Waals surface area contributed by atoms with Gasteiger partial charge in [0.1, 0.15) is 11.3 Å². The molecule has 0 saturated heterocycles. The van der Waals surface area contributed by atoms with Crippen molar-refractivity contribution in [3.05, 3.63) is 60.6 Å². The van der Waals surface area contributed by atoms with Gasteiger partial charge in [-0.1, -0.05) is 12.1 Å². The third-order valence-corrected chi connectivity index (χ3v) is 3.84. The first kappa shape index (κ1) is 14.8. The molecule has 7 nitrogen and oxygen atoms in total. The molecular weight excluding hydrogens is 318 g/mol. The highest BCUT2D eigenvalue weighted by Crippen LogP contribution is 2.31. The molecule has 0 unspecified atom stereocenters. The Hall–Kier alpha value is -3.74. The molecule has 25 heavy (non-hydrogen) atoms. The number of hydrogen-bond donors (Lipinski definition) is 2. The number of pyridine rings is 2. The first-order valence-corrected chi connectivity index (χ1v) is 7.48. The summed E-state index contributed by atoms with van der Waals surface area (Å²) < 4.78 is 5.74. The molecule has 3 aromatic heterocycles. The van der Waals surface area contributed by atoms with Crippen LogP contribution in [0.3, 0.4) is 0 Å². The summed E-state index contributed by atoms with van der Waals surface area (Å²) in [5, 5.41) is 0. The maximum atomic E-state index is 11.2. The number of nitrogens with two attached hydrogens (primary N) is 2. The van der Waals surface area contributed by atoms with Crippen LogP contribution in [0.5, 0.6) is 0 Å². The van der Waals surface area contributed by atoms with E-state index >= 15 is 0 Å². The van der Waals surface area contributed by atoms with E-state index in [1.165, 1.54) is 0 Å². The lowest BCUT2D eigenvalue weighted by atomic mass is 10.0. The topological polar surface area (TPSA) is 121 Å². The predicted octanol–water partition coefficient (Wildman–Crippen LogP) is 2.63. The quantitative estimate of drug-likeness (QED) is 0.595. The van der Waals surface area contributed by atoms with Crippen LogP contribution >= 0.6 is 0 Å². The number of oxazole rings is 1. The number of anilines is 1. The van der Waals surface area contributed by atoms with E-state index in [4.69, 9.17) is 15.9 Å². The van der Waals surface area contributed by atoms with Crippen molar-refractivity contribution in [3.8, 4) is 22.6 Å². The van der Waals surface area contributed by atoms with Crippen LogP contribution < -0.4 is 11.5 Å². The van der Waals surface area contributed by atoms with Crippen molar-refractivity contribution in [1.29, 1.82) is 0 Å². The molecule has 7 heteroatoms. The van der Waals surface area contributed by atoms with Gasteiger partial charge in [-0.05, 0) is 23.8 Å². The number of aromatic nitrogens is 3. The van der Waals surface area contributed by atoms with E-state index in [1.807, 2.05) is 6.07 Å². The van der Waals surface area contributed by atoms with Crippen LogP contribution in [0.25, 0.3) is 33.7 Å². The monoisotopic (exact) mass is 331 g/mol. The molecule has 0 atom stereocenters. The number of amides is 1. The molecule has 1 aromatic carbocycles. The summed E-state index contributed by atoms with van der Waals surface area (Å²) >= 11 is 0. The molecule has 4 rings (SSSR count). The van der Waals surface area contributed by atoms with Crippen molar-refractivity contribution in [2.45, 2.75) is 0 Å². The number of benzene rings is 1. The third kappa shape index (κ3) is 2.67. The summed E-state index contributed by atoms with van der Waals surface area (Å²) in [6, 6.07) is 10.5. The van der Waals surface area contributed by atoms with Crippen LogP contribution in [0.4, 0.5) is 5.82 Å². The van der Waals surface area contributed by atoms with Crippen LogP contribution in [0.1, 0.15) is 10.4 Å². The second-order valence-electron chi connectivity index (χ2n) is 5.46. The molecule has 0 saturated carbocycles. The molecule has 3 heterocycles. The van der Waals surface area contributed by atoms with E-state index < -0.39 is 5.91 Å². The van der Waals surface area contributed by atoms with Gasteiger partial charge in [-0.3, -0.25) is 9.78 Å². The van der Waals surface area contributed by atoms with Crippen molar-refractivity contribution in [2.24, 2.45) is 5.73 Å². The van der Waals surface area contributed by atoms with Crippen LogP contribution in [-0.4, -0.2) is 20.9 Å². The molecule has 0 bridgehead atoms. The van der Waals surface area contributed by atoms with Gasteiger partial charge < -0.3 is 15.9 Å². The molecule has 0 radical (unpaired) electrons. The molecule has 0 spiro atoms. The second kappa shape index (κ2) is 5.72. The van der Waals surface area contributed by atoms with Gasteiger partial charge in [0, 0.05) is 29.6 Å². The lowest BCUT2D eigenvalue weighted by Crippen LogP contribution is -2.10. The smallest absolute Gasteiger partial charge is 0.248 e. The SMILES string of the molecule is NC(=O)c1ccc(-c2cnc(N)c(-c3nc4cnccc4o3)c2)cc1. The molecule has 1 amide bonds. The van der Waals surface area contributed by atoms with E-state index in [1.54, 1.807) is 48.9 Å². The standard InChI is InChI=1S/C18H13N5O2/c19-16-13(18-23-14-9-21-6-5-15(14)25-18)7-12(8-22-16)10-1-3-11(4-2-10)17(20)24/h1-9H,(H2,19,22)(H2,20,24). The average molecular weight is 331 g/mol. The minimum atomic E-state index is -0.470. The Balaban J connectivity index is 1.79. The van der Waals surface area contributed by atoms with Gasteiger partial charge in [0.15, 0.2) is 5.58 Å². The number of hydrogen-bond acceptors (Lipinski definition) is 6. The third-order valence-electron chi connectivity index (χ3n) is 3.84. The number of rotatable bonds is 3. The van der Waals surface area contributed by atoms with Crippen LogP contribution in [-0.2, 0) is 0 Å². The molecule has 0 aliphatic carbocycles. The van der Waals surface area contributed by atoms with E-state index in [2.05, 4.69) is 15.0 Å². The Labute approximate surface area is 142 Å². The predicted molar refractivity (Wildman–Crippen MR) is 93.4 cm³/mol. The molecule has 0 aliphatic rings. The maximum Gasteiger partial charge on any atom is 0.248 e. The number of carbonyl (C=O) groups excluding carboxylic acids is 1. The van der Waals surface area contributed by atoms with Gasteiger partial charge in [0.2, 0.25) is 11.8 Å². The van der Waals surface area contributed by atoms with Crippen LogP contribution in [0.2, 0.25) is 0 Å². The van der Waals surface area contributed by atoms with Gasteiger partial charge in [-0.25, -0.2) is 9.97 Å². The first-order valence-electron chi connectivity index (χ1n) is 7.48. The Morgan fingerprint density at radius 3 is 2.56 bits per heavy atom. The van der Waals surface area contributed by atoms with Crippen molar-refractivity contribution in [2.75, 3.05) is 5.73 Å². The van der Waals surface area contributed by atoms with E-state index in [0.717, 1.165) is 11.1 Å². The van der Waals surface area contributed by atoms with Gasteiger partial charge in [0.25, 0.3) is 0 Å². The zero-order valence-electron chi connectivity index (χ0n) is 13.0. The minimum Gasteiger partial charge on any atom is -0.436 e. The minimum absolute atomic E-state index is 0.317. The molecule has 4 N–H and O–H groups in total. The van der Waals surface area contributed by atoms with E-state index in [9.17, 15) is 4.79 Å². The van der Waals surface area contributed by atoms with Crippen molar-refractivity contribution in [3.63, 3.8) is 0 Å². The number of nitrogens with zero attached hydrogens (tertiary/aromatic N) is 3. The Bertz CT molecular complexity index is 1050. The molecule has 122 valence electrons. The summed E-state index contributed by atoms with van der Waals surface area (Å²) in [4.78, 5) is 23.8. The summed E-state index contributed by atoms with van der Waals surface area (Å²) in [6.45, 7) is 0. The van der Waals surface area contributed by atoms with Crippen molar-refractivity contribution >= 4 is 22.8 Å². The average Bonchev–Trinajstić information content (AvgIpc) is 3.06. The lowest BCUT2D eigenvalue weighted by molar-refractivity contribution is 0.100. The van der Waals surface area contributed by atoms with Crippen LogP contribution in [0, 0.1) is 0 Å². The Kier molecular flexibility index (Phi) is 3.39. The highest BCUT2D eigenvalue weighted by atomic mass is 16.3. The summed E-state index contributed by atoms with van der Waals surface area (Å²) in [7, 11) is 0. The molecular formula is C18H13N5O2. The fourth-order valence-corrected chi connectivity index (χ4v) is 2.53. The van der Waals surface area contributed by atoms with Gasteiger partial charge >= 0.3 is 0 Å². The largest absolute Gasteiger partial charge is 0.436 e. The highest BCUT2D eigenvalue weighted by molar-refractivity contribution is 5.93. The highest BCUT2D eigenvalue weighted by Gasteiger charge is 2.14. The lowest BCUT2D eigenvalue weighted by Gasteiger charge is -2.06. The summed E-state index contributed by atoms with van der Waals surface area (Å²) in [5.41, 5.74) is 15.3. The molecule has 4 aromatic rings. The normalized spacial score (nSPS) is 10.9. The fraction of sp³-hybridized carbons (Fsp3) is 0. The van der Waals surface area contributed by atoms with Gasteiger partial charge in [-0.15, -0.1) is 0 Å². The van der Waals surface area contributed by atoms with Crippen molar-refractivity contribution < 1.29 is 9.21 Å².